The highest BCUT2D eigenvalue weighted by Gasteiger charge is 2.26. The van der Waals surface area contributed by atoms with Crippen molar-refractivity contribution in [1.82, 2.24) is 15.6 Å². The molecule has 1 aliphatic rings. The molecule has 7 heteroatoms. The average molecular weight is 437 g/mol. The van der Waals surface area contributed by atoms with Crippen LogP contribution in [-0.2, 0) is 4.79 Å². The number of amides is 2. The third-order valence-corrected chi connectivity index (χ3v) is 5.62. The van der Waals surface area contributed by atoms with E-state index in [4.69, 9.17) is 0 Å². The van der Waals surface area contributed by atoms with Crippen LogP contribution in [0.5, 0.6) is 5.75 Å². The molecule has 1 aliphatic heterocycles. The minimum atomic E-state index is -0.235. The summed E-state index contributed by atoms with van der Waals surface area (Å²) < 4.78 is 0. The van der Waals surface area contributed by atoms with E-state index in [0.29, 0.717) is 24.1 Å². The molecule has 32 heavy (non-hydrogen) atoms. The smallest absolute Gasteiger partial charge is 0.257 e. The maximum atomic E-state index is 12.9. The fourth-order valence-electron chi connectivity index (χ4n) is 3.92. The van der Waals surface area contributed by atoms with Crippen molar-refractivity contribution >= 4 is 18.0 Å². The van der Waals surface area contributed by atoms with E-state index in [0.717, 1.165) is 38.8 Å². The van der Waals surface area contributed by atoms with Gasteiger partial charge in [-0.15, -0.1) is 0 Å². The summed E-state index contributed by atoms with van der Waals surface area (Å²) in [5.41, 5.74) is 4.04. The Hall–Kier alpha value is -3.19. The number of phenolic OH excluding ortho intramolecular Hbond substituents is 1. The van der Waals surface area contributed by atoms with Crippen LogP contribution in [0.2, 0.25) is 0 Å². The molecule has 0 aliphatic carbocycles. The van der Waals surface area contributed by atoms with Gasteiger partial charge in [0.2, 0.25) is 0 Å². The number of nitrogens with one attached hydrogen (secondary N) is 2. The lowest BCUT2D eigenvalue weighted by molar-refractivity contribution is -0.127. The molecule has 7 nitrogen and oxygen atoms in total. The van der Waals surface area contributed by atoms with Crippen LogP contribution in [-0.4, -0.2) is 53.7 Å². The quantitative estimate of drug-likeness (QED) is 0.303. The number of piperidine rings is 1. The van der Waals surface area contributed by atoms with E-state index < -0.39 is 0 Å². The van der Waals surface area contributed by atoms with Gasteiger partial charge in [-0.05, 0) is 75.0 Å². The number of unbranched alkanes of at least 4 members (excludes halogenated alkanes) is 1. The molecule has 0 saturated carbocycles. The molecule has 3 N–H and O–H groups in total. The van der Waals surface area contributed by atoms with Gasteiger partial charge in [0.1, 0.15) is 5.75 Å². The minimum Gasteiger partial charge on any atom is -0.508 e. The zero-order valence-electron chi connectivity index (χ0n) is 18.4. The first-order chi connectivity index (χ1) is 15.6. The van der Waals surface area contributed by atoms with E-state index in [-0.39, 0.29) is 23.6 Å². The van der Waals surface area contributed by atoms with E-state index in [9.17, 15) is 14.7 Å². The molecule has 2 aromatic carbocycles. The summed E-state index contributed by atoms with van der Waals surface area (Å²) in [6.45, 7) is 2.41. The fourth-order valence-corrected chi connectivity index (χ4v) is 3.92. The van der Waals surface area contributed by atoms with Crippen LogP contribution in [0.15, 0.2) is 59.7 Å². The van der Waals surface area contributed by atoms with Crippen molar-refractivity contribution in [3.05, 3.63) is 65.7 Å². The van der Waals surface area contributed by atoms with Crippen molar-refractivity contribution in [3.63, 3.8) is 0 Å². The van der Waals surface area contributed by atoms with Crippen LogP contribution in [0.1, 0.15) is 54.4 Å². The number of hydrogen-bond acceptors (Lipinski definition) is 5. The van der Waals surface area contributed by atoms with Crippen LogP contribution < -0.4 is 10.7 Å². The van der Waals surface area contributed by atoms with Gasteiger partial charge in [-0.3, -0.25) is 14.5 Å². The molecular formula is C25H32N4O3. The molecule has 0 unspecified atom stereocenters. The zero-order valence-corrected chi connectivity index (χ0v) is 18.4. The SMILES string of the molecule is O=C(NCCCC[C@H](C(=O)N/N=C/c1cccc(O)c1)N1CCCCC1)c1ccccc1. The van der Waals surface area contributed by atoms with Crippen molar-refractivity contribution in [1.29, 1.82) is 0 Å². The Morgan fingerprint density at radius 1 is 1.03 bits per heavy atom. The fraction of sp³-hybridized carbons (Fsp3) is 0.400. The van der Waals surface area contributed by atoms with Crippen molar-refractivity contribution in [2.45, 2.75) is 44.6 Å². The molecule has 170 valence electrons. The molecular weight excluding hydrogens is 404 g/mol. The van der Waals surface area contributed by atoms with Gasteiger partial charge in [-0.25, -0.2) is 5.43 Å². The highest BCUT2D eigenvalue weighted by molar-refractivity contribution is 5.94. The van der Waals surface area contributed by atoms with Gasteiger partial charge in [0, 0.05) is 12.1 Å². The summed E-state index contributed by atoms with van der Waals surface area (Å²) in [4.78, 5) is 27.3. The zero-order chi connectivity index (χ0) is 22.6. The van der Waals surface area contributed by atoms with Gasteiger partial charge in [-0.2, -0.15) is 5.10 Å². The number of phenols is 1. The molecule has 1 atom stereocenters. The summed E-state index contributed by atoms with van der Waals surface area (Å²) in [6.07, 6.45) is 7.29. The standard InChI is InChI=1S/C25H32N4O3/c30-22-13-9-10-20(18-22)19-27-28-25(32)23(29-16-7-2-8-17-29)14-5-6-15-26-24(31)21-11-3-1-4-12-21/h1,3-4,9-13,18-19,23,30H,2,5-8,14-17H2,(H,26,31)(H,28,32)/b27-19+/t23-/m1/s1. The molecule has 1 saturated heterocycles. The van der Waals surface area contributed by atoms with E-state index >= 15 is 0 Å². The summed E-state index contributed by atoms with van der Waals surface area (Å²) in [7, 11) is 0. The monoisotopic (exact) mass is 436 g/mol. The predicted octanol–water partition coefficient (Wildman–Crippen LogP) is 3.30. The third kappa shape index (κ3) is 7.50. The maximum absolute atomic E-state index is 12.9. The first-order valence-electron chi connectivity index (χ1n) is 11.3. The Balaban J connectivity index is 1.47. The lowest BCUT2D eigenvalue weighted by atomic mass is 10.0. The van der Waals surface area contributed by atoms with Gasteiger partial charge in [-0.1, -0.05) is 36.8 Å². The largest absolute Gasteiger partial charge is 0.508 e. The summed E-state index contributed by atoms with van der Waals surface area (Å²) in [5, 5.41) is 16.6. The van der Waals surface area contributed by atoms with Crippen LogP contribution in [0.25, 0.3) is 0 Å². The molecule has 0 spiro atoms. The molecule has 0 bridgehead atoms. The Morgan fingerprint density at radius 2 is 1.81 bits per heavy atom. The van der Waals surface area contributed by atoms with Crippen molar-refractivity contribution in [3.8, 4) is 5.75 Å². The minimum absolute atomic E-state index is 0.0720. The van der Waals surface area contributed by atoms with Crippen molar-refractivity contribution < 1.29 is 14.7 Å². The van der Waals surface area contributed by atoms with Crippen LogP contribution in [0.4, 0.5) is 0 Å². The van der Waals surface area contributed by atoms with Crippen LogP contribution >= 0.6 is 0 Å². The Morgan fingerprint density at radius 3 is 2.56 bits per heavy atom. The van der Waals surface area contributed by atoms with E-state index in [1.54, 1.807) is 36.4 Å². The summed E-state index contributed by atoms with van der Waals surface area (Å²) >= 11 is 0. The summed E-state index contributed by atoms with van der Waals surface area (Å²) in [5.74, 6) is -0.0281. The van der Waals surface area contributed by atoms with Crippen LogP contribution in [0.3, 0.4) is 0 Å². The number of likely N-dealkylation sites (tertiary alicyclic amines) is 1. The Kier molecular flexibility index (Phi) is 9.25. The second kappa shape index (κ2) is 12.6. The highest BCUT2D eigenvalue weighted by atomic mass is 16.3. The van der Waals surface area contributed by atoms with E-state index in [2.05, 4.69) is 20.7 Å². The first kappa shape index (κ1) is 23.5. The van der Waals surface area contributed by atoms with Gasteiger partial charge >= 0.3 is 0 Å². The highest BCUT2D eigenvalue weighted by Crippen LogP contribution is 2.17. The predicted molar refractivity (Wildman–Crippen MR) is 126 cm³/mol. The third-order valence-electron chi connectivity index (χ3n) is 5.62. The molecule has 0 aromatic heterocycles. The lowest BCUT2D eigenvalue weighted by Crippen LogP contribution is -2.47. The number of aromatic hydroxyl groups is 1. The van der Waals surface area contributed by atoms with Crippen LogP contribution in [0, 0.1) is 0 Å². The molecule has 1 heterocycles. The first-order valence-corrected chi connectivity index (χ1v) is 11.3. The van der Waals surface area contributed by atoms with Gasteiger partial charge in [0.05, 0.1) is 12.3 Å². The lowest BCUT2D eigenvalue weighted by Gasteiger charge is -2.33. The molecule has 2 aromatic rings. The van der Waals surface area contributed by atoms with Gasteiger partial charge in [0.15, 0.2) is 0 Å². The molecule has 1 fully saturated rings. The number of rotatable bonds is 10. The number of carbonyl (C=O) groups excluding carboxylic acids is 2. The van der Waals surface area contributed by atoms with Gasteiger partial charge < -0.3 is 10.4 Å². The number of benzene rings is 2. The second-order valence-electron chi connectivity index (χ2n) is 8.06. The maximum Gasteiger partial charge on any atom is 0.257 e. The number of hydrazone groups is 1. The van der Waals surface area contributed by atoms with Crippen molar-refractivity contribution in [2.75, 3.05) is 19.6 Å². The normalized spacial score (nSPS) is 15.4. The molecule has 0 radical (unpaired) electrons. The molecule has 2 amide bonds. The number of nitrogens with zero attached hydrogens (tertiary/aromatic N) is 2. The summed E-state index contributed by atoms with van der Waals surface area (Å²) in [6, 6.07) is 15.6. The second-order valence-corrected chi connectivity index (χ2v) is 8.06. The Labute approximate surface area is 189 Å². The topological polar surface area (TPSA) is 94.0 Å². The Bertz CT molecular complexity index is 895. The van der Waals surface area contributed by atoms with E-state index in [1.807, 2.05) is 18.2 Å². The van der Waals surface area contributed by atoms with E-state index in [1.165, 1.54) is 12.6 Å². The van der Waals surface area contributed by atoms with Crippen molar-refractivity contribution in [2.24, 2.45) is 5.10 Å². The number of hydrogen-bond donors (Lipinski definition) is 3. The van der Waals surface area contributed by atoms with Gasteiger partial charge in [0.25, 0.3) is 11.8 Å². The number of carbonyl (C=O) groups is 2. The average Bonchev–Trinajstić information content (AvgIpc) is 2.82. The molecule has 3 rings (SSSR count).